The van der Waals surface area contributed by atoms with E-state index in [4.69, 9.17) is 0 Å². The predicted octanol–water partition coefficient (Wildman–Crippen LogP) is 2.39. The van der Waals surface area contributed by atoms with Gasteiger partial charge < -0.3 is 15.1 Å². The van der Waals surface area contributed by atoms with Crippen LogP contribution in [0.1, 0.15) is 12.8 Å². The lowest BCUT2D eigenvalue weighted by Gasteiger charge is -2.32. The molecule has 0 unspecified atom stereocenters. The normalized spacial score (nSPS) is 15.2. The molecule has 0 aliphatic carbocycles. The molecule has 31 heavy (non-hydrogen) atoms. The number of hydrogen-bond donors (Lipinski definition) is 1. The minimum absolute atomic E-state index is 0.0344. The molecule has 11 heteroatoms. The maximum atomic E-state index is 12.6. The van der Waals surface area contributed by atoms with Crippen molar-refractivity contribution in [1.82, 2.24) is 19.1 Å². The number of benzene rings is 1. The van der Waals surface area contributed by atoms with E-state index >= 15 is 0 Å². The number of carbonyl (C=O) groups excluding carboxylic acids is 2. The predicted molar refractivity (Wildman–Crippen MR) is 120 cm³/mol. The van der Waals surface area contributed by atoms with E-state index < -0.39 is 10.0 Å². The number of nitrogens with zero attached hydrogens (tertiary/aromatic N) is 4. The van der Waals surface area contributed by atoms with Crippen molar-refractivity contribution in [1.29, 1.82) is 0 Å². The van der Waals surface area contributed by atoms with Crippen LogP contribution in [0.4, 0.5) is 9.93 Å². The van der Waals surface area contributed by atoms with Crippen LogP contribution < -0.4 is 5.32 Å². The first-order chi connectivity index (χ1) is 14.6. The first-order valence-electron chi connectivity index (χ1n) is 9.85. The lowest BCUT2D eigenvalue weighted by Crippen LogP contribution is -2.45. The second-order valence-corrected chi connectivity index (χ2v) is 10.8. The van der Waals surface area contributed by atoms with E-state index in [9.17, 15) is 18.0 Å². The van der Waals surface area contributed by atoms with Crippen molar-refractivity contribution in [2.75, 3.05) is 46.6 Å². The molecule has 3 amide bonds. The molecule has 1 aliphatic rings. The van der Waals surface area contributed by atoms with Crippen molar-refractivity contribution >= 4 is 38.4 Å². The van der Waals surface area contributed by atoms with Gasteiger partial charge in [0.2, 0.25) is 15.9 Å². The molecule has 1 aromatic carbocycles. The summed E-state index contributed by atoms with van der Waals surface area (Å²) in [5.41, 5.74) is 1.44. The highest BCUT2D eigenvalue weighted by Crippen LogP contribution is 2.27. The fourth-order valence-corrected chi connectivity index (χ4v) is 4.92. The SMILES string of the molecule is CN(C)C(=O)N1CCC(C(=O)Nc2nc(-c3ccc(S(=O)(=O)N(C)C)cc3)cs2)CC1. The van der Waals surface area contributed by atoms with Crippen LogP contribution in [0.15, 0.2) is 34.5 Å². The average Bonchev–Trinajstić information content (AvgIpc) is 3.21. The first-order valence-corrected chi connectivity index (χ1v) is 12.2. The Bertz CT molecular complexity index is 1040. The summed E-state index contributed by atoms with van der Waals surface area (Å²) in [6.45, 7) is 1.11. The first kappa shape index (κ1) is 23.2. The fourth-order valence-electron chi connectivity index (χ4n) is 3.30. The molecule has 1 aromatic heterocycles. The monoisotopic (exact) mass is 465 g/mol. The second-order valence-electron chi connectivity index (χ2n) is 7.78. The van der Waals surface area contributed by atoms with Crippen LogP contribution in [-0.4, -0.2) is 80.7 Å². The van der Waals surface area contributed by atoms with Gasteiger partial charge in [-0.1, -0.05) is 12.1 Å². The van der Waals surface area contributed by atoms with E-state index in [0.717, 1.165) is 5.56 Å². The molecule has 0 spiro atoms. The van der Waals surface area contributed by atoms with Gasteiger partial charge in [-0.3, -0.25) is 4.79 Å². The van der Waals surface area contributed by atoms with E-state index in [1.165, 1.54) is 29.7 Å². The van der Waals surface area contributed by atoms with Gasteiger partial charge in [0.25, 0.3) is 0 Å². The zero-order valence-corrected chi connectivity index (χ0v) is 19.7. The molecule has 0 bridgehead atoms. The molecule has 1 aliphatic heterocycles. The van der Waals surface area contributed by atoms with Crippen LogP contribution in [0.25, 0.3) is 11.3 Å². The third-order valence-electron chi connectivity index (χ3n) is 5.18. The Morgan fingerprint density at radius 2 is 1.71 bits per heavy atom. The summed E-state index contributed by atoms with van der Waals surface area (Å²) >= 11 is 1.32. The third-order valence-corrected chi connectivity index (χ3v) is 7.77. The lowest BCUT2D eigenvalue weighted by atomic mass is 9.96. The van der Waals surface area contributed by atoms with Crippen LogP contribution >= 0.6 is 11.3 Å². The van der Waals surface area contributed by atoms with Crippen molar-refractivity contribution in [2.45, 2.75) is 17.7 Å². The molecule has 0 radical (unpaired) electrons. The molecule has 0 atom stereocenters. The number of aromatic nitrogens is 1. The molecule has 168 valence electrons. The highest BCUT2D eigenvalue weighted by molar-refractivity contribution is 7.89. The summed E-state index contributed by atoms with van der Waals surface area (Å²) < 4.78 is 25.5. The lowest BCUT2D eigenvalue weighted by molar-refractivity contribution is -0.121. The second kappa shape index (κ2) is 9.33. The van der Waals surface area contributed by atoms with Crippen molar-refractivity contribution in [3.8, 4) is 11.3 Å². The van der Waals surface area contributed by atoms with E-state index in [1.807, 2.05) is 5.38 Å². The van der Waals surface area contributed by atoms with Crippen molar-refractivity contribution in [3.05, 3.63) is 29.6 Å². The highest BCUT2D eigenvalue weighted by Gasteiger charge is 2.28. The van der Waals surface area contributed by atoms with Gasteiger partial charge in [0, 0.05) is 58.1 Å². The number of amides is 3. The molecule has 0 saturated carbocycles. The Balaban J connectivity index is 1.60. The Hall–Kier alpha value is -2.50. The summed E-state index contributed by atoms with van der Waals surface area (Å²) in [7, 11) is 2.93. The Morgan fingerprint density at radius 3 is 2.26 bits per heavy atom. The maximum absolute atomic E-state index is 12.6. The molecule has 2 heterocycles. The zero-order chi connectivity index (χ0) is 22.8. The summed E-state index contributed by atoms with van der Waals surface area (Å²) in [5, 5.41) is 5.19. The van der Waals surface area contributed by atoms with Gasteiger partial charge in [0.15, 0.2) is 5.13 Å². The number of urea groups is 1. The topological polar surface area (TPSA) is 103 Å². The van der Waals surface area contributed by atoms with Gasteiger partial charge in [-0.15, -0.1) is 11.3 Å². The van der Waals surface area contributed by atoms with Gasteiger partial charge in [-0.2, -0.15) is 0 Å². The van der Waals surface area contributed by atoms with E-state index in [-0.39, 0.29) is 22.8 Å². The van der Waals surface area contributed by atoms with Gasteiger partial charge in [-0.25, -0.2) is 22.5 Å². The summed E-state index contributed by atoms with van der Waals surface area (Å²) in [5.74, 6) is -0.251. The molecular formula is C20H27N5O4S2. The molecule has 1 saturated heterocycles. The number of sulfonamides is 1. The zero-order valence-electron chi connectivity index (χ0n) is 18.0. The van der Waals surface area contributed by atoms with Crippen LogP contribution in [0.3, 0.4) is 0 Å². The maximum Gasteiger partial charge on any atom is 0.319 e. The largest absolute Gasteiger partial charge is 0.331 e. The average molecular weight is 466 g/mol. The molecule has 2 aromatic rings. The number of thiazole rings is 1. The molecular weight excluding hydrogens is 438 g/mol. The third kappa shape index (κ3) is 5.23. The smallest absolute Gasteiger partial charge is 0.319 e. The Labute approximate surface area is 186 Å². The summed E-state index contributed by atoms with van der Waals surface area (Å²) in [6, 6.07) is 6.46. The minimum Gasteiger partial charge on any atom is -0.331 e. The molecule has 3 rings (SSSR count). The van der Waals surface area contributed by atoms with E-state index in [1.54, 1.807) is 48.2 Å². The highest BCUT2D eigenvalue weighted by atomic mass is 32.2. The van der Waals surface area contributed by atoms with Crippen molar-refractivity contribution in [2.24, 2.45) is 5.92 Å². The van der Waals surface area contributed by atoms with Gasteiger partial charge in [0.05, 0.1) is 10.6 Å². The van der Waals surface area contributed by atoms with Crippen LogP contribution in [0.2, 0.25) is 0 Å². The fraction of sp³-hybridized carbons (Fsp3) is 0.450. The Kier molecular flexibility index (Phi) is 6.97. The van der Waals surface area contributed by atoms with E-state index in [0.29, 0.717) is 36.8 Å². The minimum atomic E-state index is -3.48. The van der Waals surface area contributed by atoms with Crippen LogP contribution in [0, 0.1) is 5.92 Å². The number of rotatable bonds is 5. The number of nitrogens with one attached hydrogen (secondary N) is 1. The van der Waals surface area contributed by atoms with Crippen LogP contribution in [0.5, 0.6) is 0 Å². The summed E-state index contributed by atoms with van der Waals surface area (Å²) in [4.78, 5) is 32.6. The van der Waals surface area contributed by atoms with Gasteiger partial charge >= 0.3 is 6.03 Å². The number of hydrogen-bond acceptors (Lipinski definition) is 6. The molecule has 1 N–H and O–H groups in total. The van der Waals surface area contributed by atoms with Crippen molar-refractivity contribution < 1.29 is 18.0 Å². The van der Waals surface area contributed by atoms with Gasteiger partial charge in [-0.05, 0) is 25.0 Å². The Morgan fingerprint density at radius 1 is 1.10 bits per heavy atom. The number of likely N-dealkylation sites (tertiary alicyclic amines) is 1. The van der Waals surface area contributed by atoms with E-state index in [2.05, 4.69) is 10.3 Å². The summed E-state index contributed by atoms with van der Waals surface area (Å²) in [6.07, 6.45) is 1.23. The number of anilines is 1. The number of piperidine rings is 1. The van der Waals surface area contributed by atoms with Crippen LogP contribution in [-0.2, 0) is 14.8 Å². The van der Waals surface area contributed by atoms with Gasteiger partial charge in [0.1, 0.15) is 0 Å². The quantitative estimate of drug-likeness (QED) is 0.730. The number of carbonyl (C=O) groups is 2. The molecule has 1 fully saturated rings. The molecule has 9 nitrogen and oxygen atoms in total. The van der Waals surface area contributed by atoms with Crippen molar-refractivity contribution in [3.63, 3.8) is 0 Å². The standard InChI is InChI=1S/C20H27N5O4S2/c1-23(2)20(27)25-11-9-15(10-12-25)18(26)22-19-21-17(13-30-19)14-5-7-16(8-6-14)31(28,29)24(3)4/h5-8,13,15H,9-12H2,1-4H3,(H,21,22,26).